The zero-order valence-electron chi connectivity index (χ0n) is 9.31. The van der Waals surface area contributed by atoms with Crippen LogP contribution in [0, 0.1) is 11.8 Å². The summed E-state index contributed by atoms with van der Waals surface area (Å²) < 4.78 is 0. The highest BCUT2D eigenvalue weighted by molar-refractivity contribution is 5.02. The average Bonchev–Trinajstić information content (AvgIpc) is 1.98. The predicted molar refractivity (Wildman–Crippen MR) is 56.0 cm³/mol. The van der Waals surface area contributed by atoms with Crippen LogP contribution in [0.5, 0.6) is 0 Å². The largest absolute Gasteiger partial charge is 0.386 e. The van der Waals surface area contributed by atoms with Crippen LogP contribution in [-0.2, 0) is 0 Å². The molecule has 0 heterocycles. The Kier molecular flexibility index (Phi) is 5.03. The van der Waals surface area contributed by atoms with Crippen molar-refractivity contribution >= 4 is 0 Å². The smallest absolute Gasteiger partial charge is 0.0252 e. The molecule has 1 heteroatoms. The zero-order chi connectivity index (χ0) is 9.72. The highest BCUT2D eigenvalue weighted by atomic mass is 14.9. The molecule has 72 valence electrons. The quantitative estimate of drug-likeness (QED) is 0.681. The fourth-order valence-electron chi connectivity index (χ4n) is 1.01. The van der Waals surface area contributed by atoms with Gasteiger partial charge in [-0.3, -0.25) is 0 Å². The standard InChI is InChI=1S/C11H23N/c1-7-11(9(4)5)12-10(6)8(2)3/h7-10,12H,1-6H3/b11-7-. The van der Waals surface area contributed by atoms with E-state index in [1.807, 2.05) is 0 Å². The minimum atomic E-state index is 0.568. The van der Waals surface area contributed by atoms with Crippen LogP contribution in [0.2, 0.25) is 0 Å². The average molecular weight is 169 g/mol. The summed E-state index contributed by atoms with van der Waals surface area (Å²) in [5.41, 5.74) is 1.36. The summed E-state index contributed by atoms with van der Waals surface area (Å²) in [5, 5.41) is 3.53. The number of allylic oxidation sites excluding steroid dienone is 2. The van der Waals surface area contributed by atoms with E-state index in [0.29, 0.717) is 17.9 Å². The molecular formula is C11H23N. The summed E-state index contributed by atoms with van der Waals surface area (Å²) in [7, 11) is 0. The zero-order valence-corrected chi connectivity index (χ0v) is 9.31. The molecule has 0 aromatic heterocycles. The Morgan fingerprint density at radius 3 is 1.83 bits per heavy atom. The molecule has 0 saturated carbocycles. The van der Waals surface area contributed by atoms with Crippen molar-refractivity contribution in [1.82, 2.24) is 5.32 Å². The molecule has 0 aliphatic carbocycles. The highest BCUT2D eigenvalue weighted by Crippen LogP contribution is 2.09. The van der Waals surface area contributed by atoms with Gasteiger partial charge in [-0.15, -0.1) is 0 Å². The van der Waals surface area contributed by atoms with Crippen LogP contribution in [-0.4, -0.2) is 6.04 Å². The molecule has 12 heavy (non-hydrogen) atoms. The fourth-order valence-corrected chi connectivity index (χ4v) is 1.01. The van der Waals surface area contributed by atoms with E-state index in [-0.39, 0.29) is 0 Å². The molecule has 0 fully saturated rings. The Morgan fingerprint density at radius 2 is 1.58 bits per heavy atom. The lowest BCUT2D eigenvalue weighted by atomic mass is 10.0. The van der Waals surface area contributed by atoms with E-state index < -0.39 is 0 Å². The lowest BCUT2D eigenvalue weighted by Gasteiger charge is -2.23. The third-order valence-electron chi connectivity index (χ3n) is 2.33. The molecule has 1 atom stereocenters. The van der Waals surface area contributed by atoms with E-state index in [0.717, 1.165) is 0 Å². The molecule has 0 bridgehead atoms. The Hall–Kier alpha value is -0.460. The third kappa shape index (κ3) is 3.80. The number of rotatable bonds is 4. The van der Waals surface area contributed by atoms with E-state index in [1.54, 1.807) is 0 Å². The number of nitrogens with one attached hydrogen (secondary N) is 1. The first kappa shape index (κ1) is 11.5. The van der Waals surface area contributed by atoms with E-state index in [9.17, 15) is 0 Å². The lowest BCUT2D eigenvalue weighted by Crippen LogP contribution is -2.31. The van der Waals surface area contributed by atoms with Crippen LogP contribution in [0.25, 0.3) is 0 Å². The molecule has 0 aliphatic rings. The normalized spacial score (nSPS) is 15.5. The van der Waals surface area contributed by atoms with Crippen molar-refractivity contribution in [3.05, 3.63) is 11.8 Å². The van der Waals surface area contributed by atoms with Gasteiger partial charge in [-0.1, -0.05) is 33.8 Å². The minimum Gasteiger partial charge on any atom is -0.386 e. The summed E-state index contributed by atoms with van der Waals surface area (Å²) in [6.07, 6.45) is 2.17. The summed E-state index contributed by atoms with van der Waals surface area (Å²) in [5.74, 6) is 1.30. The molecule has 0 spiro atoms. The van der Waals surface area contributed by atoms with E-state index in [2.05, 4.69) is 52.9 Å². The van der Waals surface area contributed by atoms with Crippen molar-refractivity contribution in [1.29, 1.82) is 0 Å². The van der Waals surface area contributed by atoms with Crippen molar-refractivity contribution in [2.24, 2.45) is 11.8 Å². The van der Waals surface area contributed by atoms with Crippen LogP contribution in [0.15, 0.2) is 11.8 Å². The molecule has 0 aliphatic heterocycles. The van der Waals surface area contributed by atoms with Crippen molar-refractivity contribution in [2.45, 2.75) is 47.6 Å². The fraction of sp³-hybridized carbons (Fsp3) is 0.818. The second-order valence-corrected chi connectivity index (χ2v) is 4.08. The molecule has 0 radical (unpaired) electrons. The maximum atomic E-state index is 3.53. The molecule has 0 rings (SSSR count). The first-order valence-corrected chi connectivity index (χ1v) is 4.91. The van der Waals surface area contributed by atoms with Crippen molar-refractivity contribution < 1.29 is 0 Å². The first-order chi connectivity index (χ1) is 5.49. The summed E-state index contributed by atoms with van der Waals surface area (Å²) >= 11 is 0. The van der Waals surface area contributed by atoms with Crippen LogP contribution in [0.1, 0.15) is 41.5 Å². The molecule has 0 amide bonds. The second kappa shape index (κ2) is 5.23. The van der Waals surface area contributed by atoms with Gasteiger partial charge in [0, 0.05) is 11.7 Å². The third-order valence-corrected chi connectivity index (χ3v) is 2.33. The van der Waals surface area contributed by atoms with Gasteiger partial charge >= 0.3 is 0 Å². The van der Waals surface area contributed by atoms with Crippen LogP contribution >= 0.6 is 0 Å². The van der Waals surface area contributed by atoms with Gasteiger partial charge < -0.3 is 5.32 Å². The van der Waals surface area contributed by atoms with Crippen molar-refractivity contribution in [3.63, 3.8) is 0 Å². The predicted octanol–water partition coefficient (Wildman–Crippen LogP) is 3.18. The van der Waals surface area contributed by atoms with E-state index in [1.165, 1.54) is 5.70 Å². The van der Waals surface area contributed by atoms with Gasteiger partial charge in [0.15, 0.2) is 0 Å². The van der Waals surface area contributed by atoms with E-state index >= 15 is 0 Å². The Balaban J connectivity index is 4.05. The SMILES string of the molecule is C/C=C(\NC(C)C(C)C)C(C)C. The second-order valence-electron chi connectivity index (χ2n) is 4.08. The molecule has 1 unspecified atom stereocenters. The van der Waals surface area contributed by atoms with Crippen LogP contribution in [0.3, 0.4) is 0 Å². The molecular weight excluding hydrogens is 146 g/mol. The van der Waals surface area contributed by atoms with Gasteiger partial charge in [0.1, 0.15) is 0 Å². The molecule has 0 aromatic carbocycles. The van der Waals surface area contributed by atoms with Gasteiger partial charge in [0.05, 0.1) is 0 Å². The van der Waals surface area contributed by atoms with Gasteiger partial charge in [0.25, 0.3) is 0 Å². The van der Waals surface area contributed by atoms with E-state index in [4.69, 9.17) is 0 Å². The summed E-state index contributed by atoms with van der Waals surface area (Å²) in [6.45, 7) is 13.2. The Bertz CT molecular complexity index is 145. The van der Waals surface area contributed by atoms with Crippen LogP contribution < -0.4 is 5.32 Å². The first-order valence-electron chi connectivity index (χ1n) is 4.91. The van der Waals surface area contributed by atoms with Gasteiger partial charge in [-0.25, -0.2) is 0 Å². The number of hydrogen-bond donors (Lipinski definition) is 1. The summed E-state index contributed by atoms with van der Waals surface area (Å²) in [4.78, 5) is 0. The molecule has 1 nitrogen and oxygen atoms in total. The molecule has 0 aromatic rings. The van der Waals surface area contributed by atoms with Gasteiger partial charge in [-0.05, 0) is 25.7 Å². The summed E-state index contributed by atoms with van der Waals surface area (Å²) in [6, 6.07) is 0.568. The topological polar surface area (TPSA) is 12.0 Å². The van der Waals surface area contributed by atoms with Gasteiger partial charge in [0.2, 0.25) is 0 Å². The Morgan fingerprint density at radius 1 is 1.08 bits per heavy atom. The maximum absolute atomic E-state index is 3.53. The Labute approximate surface area is 77.2 Å². The minimum absolute atomic E-state index is 0.568. The number of hydrogen-bond acceptors (Lipinski definition) is 1. The highest BCUT2D eigenvalue weighted by Gasteiger charge is 2.09. The van der Waals surface area contributed by atoms with Crippen LogP contribution in [0.4, 0.5) is 0 Å². The van der Waals surface area contributed by atoms with Crippen molar-refractivity contribution in [3.8, 4) is 0 Å². The van der Waals surface area contributed by atoms with Gasteiger partial charge in [-0.2, -0.15) is 0 Å². The molecule has 0 saturated heterocycles. The monoisotopic (exact) mass is 169 g/mol. The molecule has 1 N–H and O–H groups in total. The van der Waals surface area contributed by atoms with Crippen molar-refractivity contribution in [2.75, 3.05) is 0 Å². The maximum Gasteiger partial charge on any atom is 0.0252 e. The lowest BCUT2D eigenvalue weighted by molar-refractivity contribution is 0.441.